The van der Waals surface area contributed by atoms with Crippen molar-refractivity contribution in [3.05, 3.63) is 0 Å². The largest absolute Gasteiger partial charge is 0.375 e. The molecule has 94 valence electrons. The molecule has 4 N–H and O–H groups in total. The molecular weight excluding hydrogens is 210 g/mol. The molecule has 0 heterocycles. The van der Waals surface area contributed by atoms with Crippen molar-refractivity contribution in [2.45, 2.75) is 25.3 Å². The first-order chi connectivity index (χ1) is 7.65. The molecule has 0 aromatic heterocycles. The molecule has 0 aliphatic carbocycles. The van der Waals surface area contributed by atoms with Crippen LogP contribution in [0.15, 0.2) is 0 Å². The zero-order valence-corrected chi connectivity index (χ0v) is 9.91. The van der Waals surface area contributed by atoms with Gasteiger partial charge in [0.2, 0.25) is 11.8 Å². The lowest BCUT2D eigenvalue weighted by Crippen LogP contribution is -2.46. The van der Waals surface area contributed by atoms with Crippen LogP contribution in [0.4, 0.5) is 0 Å². The maximum absolute atomic E-state index is 11.4. The minimum atomic E-state index is -0.501. The van der Waals surface area contributed by atoms with Gasteiger partial charge in [0.05, 0.1) is 0 Å². The van der Waals surface area contributed by atoms with Crippen LogP contribution in [0.3, 0.4) is 0 Å². The average molecular weight is 231 g/mol. The lowest BCUT2D eigenvalue weighted by molar-refractivity contribution is -0.130. The van der Waals surface area contributed by atoms with E-state index in [-0.39, 0.29) is 18.4 Å². The molecule has 2 amide bonds. The minimum Gasteiger partial charge on any atom is -0.375 e. The van der Waals surface area contributed by atoms with Gasteiger partial charge in [-0.1, -0.05) is 0 Å². The van der Waals surface area contributed by atoms with Gasteiger partial charge in [0.25, 0.3) is 0 Å². The second-order valence-electron chi connectivity index (χ2n) is 3.45. The Balaban J connectivity index is 4.09. The summed E-state index contributed by atoms with van der Waals surface area (Å²) >= 11 is 0. The Morgan fingerprint density at radius 2 is 2.06 bits per heavy atom. The number of rotatable bonds is 8. The van der Waals surface area contributed by atoms with Crippen LogP contribution >= 0.6 is 0 Å². The normalized spacial score (nSPS) is 11.9. The van der Waals surface area contributed by atoms with Gasteiger partial charge < -0.3 is 21.1 Å². The fourth-order valence-electron chi connectivity index (χ4n) is 1.30. The van der Waals surface area contributed by atoms with Crippen LogP contribution in [0.1, 0.15) is 19.3 Å². The Kier molecular flexibility index (Phi) is 8.46. The Morgan fingerprint density at radius 1 is 1.38 bits per heavy atom. The second kappa shape index (κ2) is 9.11. The summed E-state index contributed by atoms with van der Waals surface area (Å²) in [4.78, 5) is 22.7. The van der Waals surface area contributed by atoms with Crippen LogP contribution in [0, 0.1) is 0 Å². The van der Waals surface area contributed by atoms with Crippen molar-refractivity contribution in [3.8, 4) is 0 Å². The van der Waals surface area contributed by atoms with Crippen LogP contribution in [0.25, 0.3) is 0 Å². The van der Waals surface area contributed by atoms with Crippen molar-refractivity contribution in [1.82, 2.24) is 10.6 Å². The van der Waals surface area contributed by atoms with Gasteiger partial charge in [-0.2, -0.15) is 0 Å². The number of nitrogens with one attached hydrogen (secondary N) is 2. The first-order valence-corrected chi connectivity index (χ1v) is 5.35. The number of unbranched alkanes of at least 4 members (excludes halogenated alkanes) is 1. The Labute approximate surface area is 95.9 Å². The van der Waals surface area contributed by atoms with E-state index in [4.69, 9.17) is 5.73 Å². The first kappa shape index (κ1) is 14.9. The molecule has 0 bridgehead atoms. The van der Waals surface area contributed by atoms with Crippen molar-refractivity contribution in [2.75, 3.05) is 27.3 Å². The van der Waals surface area contributed by atoms with E-state index in [1.807, 2.05) is 0 Å². The third-order valence-corrected chi connectivity index (χ3v) is 2.12. The van der Waals surface area contributed by atoms with Crippen molar-refractivity contribution in [1.29, 1.82) is 0 Å². The predicted molar refractivity (Wildman–Crippen MR) is 60.8 cm³/mol. The number of likely N-dealkylation sites (N-methyl/N-ethyl adjacent to an activating group) is 1. The summed E-state index contributed by atoms with van der Waals surface area (Å²) in [7, 11) is 2.98. The quantitative estimate of drug-likeness (QED) is 0.467. The summed E-state index contributed by atoms with van der Waals surface area (Å²) in [5.74, 6) is -0.481. The van der Waals surface area contributed by atoms with E-state index in [1.54, 1.807) is 7.05 Å². The second-order valence-corrected chi connectivity index (χ2v) is 3.45. The maximum atomic E-state index is 11.4. The molecule has 0 spiro atoms. The highest BCUT2D eigenvalue weighted by molar-refractivity contribution is 5.87. The molecule has 0 radical (unpaired) electrons. The van der Waals surface area contributed by atoms with Gasteiger partial charge in [-0.05, 0) is 25.8 Å². The summed E-state index contributed by atoms with van der Waals surface area (Å²) in [5.41, 5.74) is 5.36. The third kappa shape index (κ3) is 6.36. The van der Waals surface area contributed by atoms with E-state index in [2.05, 4.69) is 15.4 Å². The highest BCUT2D eigenvalue weighted by Gasteiger charge is 2.18. The highest BCUT2D eigenvalue weighted by atomic mass is 16.5. The average Bonchev–Trinajstić information content (AvgIpc) is 2.27. The van der Waals surface area contributed by atoms with Crippen LogP contribution in [-0.4, -0.2) is 45.2 Å². The number of hydrogen-bond donors (Lipinski definition) is 3. The zero-order chi connectivity index (χ0) is 12.4. The first-order valence-electron chi connectivity index (χ1n) is 5.35. The maximum Gasteiger partial charge on any atom is 0.246 e. The lowest BCUT2D eigenvalue weighted by atomic mass is 10.1. The lowest BCUT2D eigenvalue weighted by Gasteiger charge is -2.16. The Hall–Kier alpha value is -1.14. The molecule has 1 unspecified atom stereocenters. The van der Waals surface area contributed by atoms with Gasteiger partial charge in [0.1, 0.15) is 12.6 Å². The van der Waals surface area contributed by atoms with Gasteiger partial charge in [-0.3, -0.25) is 9.59 Å². The van der Waals surface area contributed by atoms with Crippen LogP contribution in [0.2, 0.25) is 0 Å². The molecular formula is C10H21N3O3. The molecule has 0 aliphatic heterocycles. The Bertz CT molecular complexity index is 221. The molecule has 0 saturated heterocycles. The van der Waals surface area contributed by atoms with Crippen LogP contribution in [-0.2, 0) is 14.3 Å². The summed E-state index contributed by atoms with van der Waals surface area (Å²) in [5, 5.41) is 5.12. The van der Waals surface area contributed by atoms with Gasteiger partial charge in [0.15, 0.2) is 0 Å². The molecule has 0 fully saturated rings. The molecule has 6 nitrogen and oxygen atoms in total. The van der Waals surface area contributed by atoms with Crippen molar-refractivity contribution in [3.63, 3.8) is 0 Å². The van der Waals surface area contributed by atoms with E-state index >= 15 is 0 Å². The van der Waals surface area contributed by atoms with Gasteiger partial charge in [0, 0.05) is 14.2 Å². The topological polar surface area (TPSA) is 93.5 Å². The fraction of sp³-hybridized carbons (Fsp3) is 0.800. The monoisotopic (exact) mass is 231 g/mol. The number of nitrogens with two attached hydrogens (primary N) is 1. The van der Waals surface area contributed by atoms with Crippen molar-refractivity contribution in [2.24, 2.45) is 5.73 Å². The summed E-state index contributed by atoms with van der Waals surface area (Å²) in [6, 6.07) is -0.501. The van der Waals surface area contributed by atoms with Crippen molar-refractivity contribution < 1.29 is 14.3 Å². The van der Waals surface area contributed by atoms with E-state index in [1.165, 1.54) is 7.11 Å². The molecule has 0 aromatic rings. The minimum absolute atomic E-state index is 0.0373. The summed E-state index contributed by atoms with van der Waals surface area (Å²) in [6.07, 6.45) is 2.24. The standard InChI is InChI=1S/C10H21N3O3/c1-12-10(15)8(5-3-4-6-11)13-9(14)7-16-2/h8H,3-7,11H2,1-2H3,(H,12,15)(H,13,14). The van der Waals surface area contributed by atoms with Crippen LogP contribution < -0.4 is 16.4 Å². The molecule has 16 heavy (non-hydrogen) atoms. The molecule has 0 aromatic carbocycles. The summed E-state index contributed by atoms with van der Waals surface area (Å²) < 4.78 is 4.68. The van der Waals surface area contributed by atoms with Gasteiger partial charge in [-0.25, -0.2) is 0 Å². The summed E-state index contributed by atoms with van der Waals surface area (Å²) in [6.45, 7) is 0.552. The Morgan fingerprint density at radius 3 is 2.56 bits per heavy atom. The molecule has 1 atom stereocenters. The molecule has 0 rings (SSSR count). The number of amides is 2. The fourth-order valence-corrected chi connectivity index (χ4v) is 1.30. The molecule has 6 heteroatoms. The van der Waals surface area contributed by atoms with E-state index in [9.17, 15) is 9.59 Å². The highest BCUT2D eigenvalue weighted by Crippen LogP contribution is 2.00. The number of methoxy groups -OCH3 is 1. The van der Waals surface area contributed by atoms with Gasteiger partial charge >= 0.3 is 0 Å². The number of carbonyl (C=O) groups is 2. The number of ether oxygens (including phenoxy) is 1. The third-order valence-electron chi connectivity index (χ3n) is 2.12. The van der Waals surface area contributed by atoms with Gasteiger partial charge in [-0.15, -0.1) is 0 Å². The van der Waals surface area contributed by atoms with E-state index < -0.39 is 6.04 Å². The van der Waals surface area contributed by atoms with E-state index in [0.29, 0.717) is 13.0 Å². The number of carbonyl (C=O) groups excluding carboxylic acids is 2. The predicted octanol–water partition coefficient (Wildman–Crippen LogP) is -1.01. The van der Waals surface area contributed by atoms with Crippen molar-refractivity contribution >= 4 is 11.8 Å². The van der Waals surface area contributed by atoms with Crippen LogP contribution in [0.5, 0.6) is 0 Å². The zero-order valence-electron chi connectivity index (χ0n) is 9.91. The number of hydrogen-bond acceptors (Lipinski definition) is 4. The molecule has 0 aliphatic rings. The SMILES string of the molecule is CNC(=O)C(CCCCN)NC(=O)COC. The molecule has 0 saturated carbocycles. The van der Waals surface area contributed by atoms with E-state index in [0.717, 1.165) is 12.8 Å². The smallest absolute Gasteiger partial charge is 0.246 e.